The summed E-state index contributed by atoms with van der Waals surface area (Å²) in [4.78, 5) is 0. The van der Waals surface area contributed by atoms with Gasteiger partial charge in [-0.05, 0) is 41.9 Å². The minimum atomic E-state index is 0.929. The van der Waals surface area contributed by atoms with E-state index in [-0.39, 0.29) is 0 Å². The van der Waals surface area contributed by atoms with E-state index in [9.17, 15) is 0 Å². The summed E-state index contributed by atoms with van der Waals surface area (Å²) < 4.78 is 5.15. The lowest BCUT2D eigenvalue weighted by molar-refractivity contribution is 0.414. The summed E-state index contributed by atoms with van der Waals surface area (Å²) >= 11 is 2.00. The summed E-state index contributed by atoms with van der Waals surface area (Å²) in [5.74, 6) is 3.22. The molecular formula is C17H20OS. The number of hydrogen-bond donors (Lipinski definition) is 0. The monoisotopic (exact) mass is 272 g/mol. The van der Waals surface area contributed by atoms with E-state index in [0.717, 1.165) is 11.5 Å². The molecule has 0 saturated carbocycles. The van der Waals surface area contributed by atoms with E-state index in [1.54, 1.807) is 7.11 Å². The van der Waals surface area contributed by atoms with Crippen molar-refractivity contribution < 1.29 is 4.74 Å². The van der Waals surface area contributed by atoms with E-state index in [0.29, 0.717) is 0 Å². The predicted octanol–water partition coefficient (Wildman–Crippen LogP) is 4.56. The highest BCUT2D eigenvalue weighted by molar-refractivity contribution is 7.98. The summed E-state index contributed by atoms with van der Waals surface area (Å²) in [6.07, 6.45) is 2.42. The van der Waals surface area contributed by atoms with Gasteiger partial charge in [-0.2, -0.15) is 11.8 Å². The van der Waals surface area contributed by atoms with Gasteiger partial charge in [-0.15, -0.1) is 0 Å². The van der Waals surface area contributed by atoms with E-state index in [1.807, 2.05) is 23.9 Å². The molecule has 0 N–H and O–H groups in total. The van der Waals surface area contributed by atoms with Gasteiger partial charge >= 0.3 is 0 Å². The molecule has 0 aliphatic carbocycles. The van der Waals surface area contributed by atoms with E-state index in [2.05, 4.69) is 42.5 Å². The summed E-state index contributed by atoms with van der Waals surface area (Å²) in [5.41, 5.74) is 2.80. The van der Waals surface area contributed by atoms with Crippen molar-refractivity contribution in [3.8, 4) is 5.75 Å². The predicted molar refractivity (Wildman–Crippen MR) is 83.9 cm³/mol. The SMILES string of the molecule is COc1ccc(CSCCCc2ccccc2)cc1. The molecule has 2 rings (SSSR count). The van der Waals surface area contributed by atoms with Crippen LogP contribution in [-0.4, -0.2) is 12.9 Å². The Morgan fingerprint density at radius 2 is 1.63 bits per heavy atom. The second-order valence-corrected chi connectivity index (χ2v) is 5.59. The third-order valence-corrected chi connectivity index (χ3v) is 4.14. The van der Waals surface area contributed by atoms with Crippen LogP contribution >= 0.6 is 11.8 Å². The standard InChI is InChI=1S/C17H20OS/c1-18-17-11-9-16(10-12-17)14-19-13-5-8-15-6-3-2-4-7-15/h2-4,6-7,9-12H,5,8,13-14H2,1H3. The lowest BCUT2D eigenvalue weighted by Gasteiger charge is -2.04. The molecule has 0 spiro atoms. The molecule has 2 aromatic carbocycles. The van der Waals surface area contributed by atoms with Gasteiger partial charge < -0.3 is 4.74 Å². The average Bonchev–Trinajstić information content (AvgIpc) is 2.49. The highest BCUT2D eigenvalue weighted by Gasteiger charge is 1.96. The Balaban J connectivity index is 1.63. The Hall–Kier alpha value is -1.41. The first kappa shape index (κ1) is 14.0. The van der Waals surface area contributed by atoms with Gasteiger partial charge in [-0.1, -0.05) is 42.5 Å². The van der Waals surface area contributed by atoms with E-state index in [4.69, 9.17) is 4.74 Å². The van der Waals surface area contributed by atoms with Gasteiger partial charge in [0.15, 0.2) is 0 Å². The summed E-state index contributed by atoms with van der Waals surface area (Å²) in [5, 5.41) is 0. The molecule has 0 heterocycles. The first-order valence-electron chi connectivity index (χ1n) is 6.63. The molecule has 1 nitrogen and oxygen atoms in total. The highest BCUT2D eigenvalue weighted by Crippen LogP contribution is 2.17. The molecule has 0 bridgehead atoms. The first-order valence-corrected chi connectivity index (χ1v) is 7.78. The quantitative estimate of drug-likeness (QED) is 0.683. The van der Waals surface area contributed by atoms with Crippen LogP contribution in [0, 0.1) is 0 Å². The molecular weight excluding hydrogens is 252 g/mol. The normalized spacial score (nSPS) is 10.4. The molecule has 2 heteroatoms. The summed E-state index contributed by atoms with van der Waals surface area (Å²) in [6.45, 7) is 0. The summed E-state index contributed by atoms with van der Waals surface area (Å²) in [7, 11) is 1.70. The van der Waals surface area contributed by atoms with Crippen molar-refractivity contribution in [2.24, 2.45) is 0 Å². The molecule has 0 aromatic heterocycles. The minimum Gasteiger partial charge on any atom is -0.497 e. The van der Waals surface area contributed by atoms with Crippen molar-refractivity contribution in [2.45, 2.75) is 18.6 Å². The van der Waals surface area contributed by atoms with Crippen molar-refractivity contribution in [2.75, 3.05) is 12.9 Å². The lowest BCUT2D eigenvalue weighted by Crippen LogP contribution is -1.89. The van der Waals surface area contributed by atoms with E-state index in [1.165, 1.54) is 29.7 Å². The smallest absolute Gasteiger partial charge is 0.118 e. The van der Waals surface area contributed by atoms with Crippen LogP contribution in [-0.2, 0) is 12.2 Å². The van der Waals surface area contributed by atoms with Crippen LogP contribution in [0.1, 0.15) is 17.5 Å². The molecule has 0 unspecified atom stereocenters. The van der Waals surface area contributed by atoms with Crippen molar-refractivity contribution >= 4 is 11.8 Å². The Morgan fingerprint density at radius 3 is 2.32 bits per heavy atom. The number of ether oxygens (including phenoxy) is 1. The molecule has 2 aromatic rings. The minimum absolute atomic E-state index is 0.929. The van der Waals surface area contributed by atoms with Gasteiger partial charge in [0, 0.05) is 5.75 Å². The van der Waals surface area contributed by atoms with Gasteiger partial charge in [0.2, 0.25) is 0 Å². The van der Waals surface area contributed by atoms with Crippen LogP contribution in [0.25, 0.3) is 0 Å². The molecule has 0 fully saturated rings. The molecule has 0 saturated heterocycles. The molecule has 0 atom stereocenters. The Labute approximate surface area is 120 Å². The third-order valence-electron chi connectivity index (χ3n) is 3.02. The second-order valence-electron chi connectivity index (χ2n) is 4.49. The van der Waals surface area contributed by atoms with Crippen molar-refractivity contribution in [1.82, 2.24) is 0 Å². The number of benzene rings is 2. The molecule has 0 amide bonds. The van der Waals surface area contributed by atoms with Crippen LogP contribution in [0.2, 0.25) is 0 Å². The average molecular weight is 272 g/mol. The molecule has 0 aliphatic heterocycles. The number of aryl methyl sites for hydroxylation is 1. The zero-order valence-electron chi connectivity index (χ0n) is 11.3. The third kappa shape index (κ3) is 4.99. The van der Waals surface area contributed by atoms with Crippen molar-refractivity contribution in [1.29, 1.82) is 0 Å². The van der Waals surface area contributed by atoms with Crippen LogP contribution < -0.4 is 4.74 Å². The maximum Gasteiger partial charge on any atom is 0.118 e. The Kier molecular flexibility index (Phi) is 5.83. The van der Waals surface area contributed by atoms with Crippen LogP contribution in [0.3, 0.4) is 0 Å². The fraction of sp³-hybridized carbons (Fsp3) is 0.294. The number of thioether (sulfide) groups is 1. The molecule has 19 heavy (non-hydrogen) atoms. The summed E-state index contributed by atoms with van der Waals surface area (Å²) in [6, 6.07) is 19.0. The molecule has 0 radical (unpaired) electrons. The topological polar surface area (TPSA) is 9.23 Å². The largest absolute Gasteiger partial charge is 0.497 e. The first-order chi connectivity index (χ1) is 9.38. The highest BCUT2D eigenvalue weighted by atomic mass is 32.2. The number of rotatable bonds is 7. The van der Waals surface area contributed by atoms with Crippen molar-refractivity contribution in [3.63, 3.8) is 0 Å². The Morgan fingerprint density at radius 1 is 0.895 bits per heavy atom. The van der Waals surface area contributed by atoms with Gasteiger partial charge in [0.25, 0.3) is 0 Å². The fourth-order valence-corrected chi connectivity index (χ4v) is 2.86. The number of methoxy groups -OCH3 is 1. The van der Waals surface area contributed by atoms with Gasteiger partial charge in [0.1, 0.15) is 5.75 Å². The van der Waals surface area contributed by atoms with E-state index < -0.39 is 0 Å². The zero-order chi connectivity index (χ0) is 13.3. The maximum absolute atomic E-state index is 5.15. The maximum atomic E-state index is 5.15. The van der Waals surface area contributed by atoms with Crippen LogP contribution in [0.15, 0.2) is 54.6 Å². The molecule has 100 valence electrons. The second kappa shape index (κ2) is 7.90. The fourth-order valence-electron chi connectivity index (χ4n) is 1.93. The van der Waals surface area contributed by atoms with Gasteiger partial charge in [-0.25, -0.2) is 0 Å². The van der Waals surface area contributed by atoms with Gasteiger partial charge in [-0.3, -0.25) is 0 Å². The molecule has 0 aliphatic rings. The lowest BCUT2D eigenvalue weighted by atomic mass is 10.1. The van der Waals surface area contributed by atoms with E-state index >= 15 is 0 Å². The van der Waals surface area contributed by atoms with Gasteiger partial charge in [0.05, 0.1) is 7.11 Å². The van der Waals surface area contributed by atoms with Crippen molar-refractivity contribution in [3.05, 3.63) is 65.7 Å². The number of hydrogen-bond acceptors (Lipinski definition) is 2. The zero-order valence-corrected chi connectivity index (χ0v) is 12.2. The van der Waals surface area contributed by atoms with Crippen LogP contribution in [0.4, 0.5) is 0 Å². The van der Waals surface area contributed by atoms with Crippen LogP contribution in [0.5, 0.6) is 5.75 Å². The Bertz CT molecular complexity index is 464.